The molecule has 6 nitrogen and oxygen atoms in total. The first-order chi connectivity index (χ1) is 18.2. The van der Waals surface area contributed by atoms with Crippen LogP contribution in [-0.2, 0) is 18.5 Å². The van der Waals surface area contributed by atoms with Crippen LogP contribution in [-0.4, -0.2) is 60.6 Å². The second-order valence-corrected chi connectivity index (χ2v) is 12.0. The van der Waals surface area contributed by atoms with E-state index in [9.17, 15) is 4.79 Å². The first-order valence-electron chi connectivity index (χ1n) is 13.7. The smallest absolute Gasteiger partial charge is 0.325 e. The number of ether oxygens (including phenoxy) is 2. The van der Waals surface area contributed by atoms with Crippen molar-refractivity contribution >= 4 is 12.1 Å². The highest BCUT2D eigenvalue weighted by Crippen LogP contribution is 2.50. The number of methoxy groups -OCH3 is 2. The molecular weight excluding hydrogens is 474 g/mol. The Morgan fingerprint density at radius 3 is 2.53 bits per heavy atom. The van der Waals surface area contributed by atoms with E-state index in [-0.39, 0.29) is 17.0 Å². The van der Waals surface area contributed by atoms with Crippen LogP contribution in [0.15, 0.2) is 48.2 Å². The molecule has 6 rings (SSSR count). The van der Waals surface area contributed by atoms with E-state index in [1.165, 1.54) is 16.7 Å². The van der Waals surface area contributed by atoms with Gasteiger partial charge in [0.25, 0.3) is 0 Å². The van der Waals surface area contributed by atoms with Crippen LogP contribution in [0.5, 0.6) is 11.5 Å². The summed E-state index contributed by atoms with van der Waals surface area (Å²) in [6, 6.07) is 11.0. The predicted molar refractivity (Wildman–Crippen MR) is 150 cm³/mol. The number of likely N-dealkylation sites (tertiary alicyclic amines) is 1. The van der Waals surface area contributed by atoms with Crippen molar-refractivity contribution in [1.29, 1.82) is 0 Å². The van der Waals surface area contributed by atoms with Gasteiger partial charge in [0.15, 0.2) is 0 Å². The monoisotopic (exact) mass is 513 g/mol. The van der Waals surface area contributed by atoms with Crippen LogP contribution < -0.4 is 9.47 Å². The number of carbonyl (C=O) groups excluding carboxylic acids is 1. The lowest BCUT2D eigenvalue weighted by Crippen LogP contribution is -2.52. The van der Waals surface area contributed by atoms with Crippen LogP contribution in [0.1, 0.15) is 67.3 Å². The van der Waals surface area contributed by atoms with Crippen molar-refractivity contribution in [3.8, 4) is 11.5 Å². The largest absolute Gasteiger partial charge is 0.497 e. The molecule has 1 atom stereocenters. The van der Waals surface area contributed by atoms with E-state index in [1.807, 2.05) is 22.9 Å². The predicted octanol–water partition coefficient (Wildman–Crippen LogP) is 5.91. The first-order valence-corrected chi connectivity index (χ1v) is 13.7. The van der Waals surface area contributed by atoms with Gasteiger partial charge in [-0.15, -0.1) is 0 Å². The molecule has 2 aromatic carbocycles. The molecule has 0 saturated carbocycles. The van der Waals surface area contributed by atoms with Gasteiger partial charge in [-0.25, -0.2) is 4.79 Å². The van der Waals surface area contributed by atoms with Gasteiger partial charge in [-0.2, -0.15) is 0 Å². The van der Waals surface area contributed by atoms with Crippen LogP contribution >= 0.6 is 0 Å². The molecule has 6 heteroatoms. The second kappa shape index (κ2) is 8.91. The zero-order chi connectivity index (χ0) is 26.8. The van der Waals surface area contributed by atoms with Gasteiger partial charge in [-0.1, -0.05) is 57.2 Å². The molecular formula is C32H39N3O3. The number of benzene rings is 2. The maximum atomic E-state index is 13.7. The fourth-order valence-electron chi connectivity index (χ4n) is 7.18. The summed E-state index contributed by atoms with van der Waals surface area (Å²) >= 11 is 0. The molecule has 2 aromatic rings. The fourth-order valence-corrected chi connectivity index (χ4v) is 7.18. The quantitative estimate of drug-likeness (QED) is 0.510. The highest BCUT2D eigenvalue weighted by molar-refractivity contribution is 5.83. The van der Waals surface area contributed by atoms with Crippen molar-refractivity contribution in [3.05, 3.63) is 76.0 Å². The summed E-state index contributed by atoms with van der Waals surface area (Å²) in [5, 5.41) is 0. The number of carbonyl (C=O) groups is 1. The van der Waals surface area contributed by atoms with Crippen molar-refractivity contribution in [3.63, 3.8) is 0 Å². The average molecular weight is 514 g/mol. The molecule has 4 aliphatic rings. The van der Waals surface area contributed by atoms with Gasteiger partial charge in [0.1, 0.15) is 11.5 Å². The minimum Gasteiger partial charge on any atom is -0.497 e. The standard InChI is InChI=1S/C32H39N3O3/c1-21-7-9-23-15-22(8-10-26(21)23)19-34-13-11-32(12-14-34)28-18-31(2,3)29-24(20-35(28)30(36)33(32)4)16-25(37-5)17-27(29)38-6/h7-10,15-18,21H,11-14,19-20H2,1-6H3. The van der Waals surface area contributed by atoms with E-state index in [0.717, 1.165) is 60.8 Å². The van der Waals surface area contributed by atoms with Gasteiger partial charge < -0.3 is 14.4 Å². The molecule has 3 heterocycles. The second-order valence-electron chi connectivity index (χ2n) is 12.0. The summed E-state index contributed by atoms with van der Waals surface area (Å²) in [5.74, 6) is 2.07. The molecule has 2 fully saturated rings. The molecule has 0 N–H and O–H groups in total. The van der Waals surface area contributed by atoms with Gasteiger partial charge in [-0.05, 0) is 47.1 Å². The number of urea groups is 1. The third-order valence-electron chi connectivity index (χ3n) is 9.31. The number of allylic oxidation sites excluding steroid dienone is 2. The molecule has 0 bridgehead atoms. The van der Waals surface area contributed by atoms with Crippen molar-refractivity contribution in [2.24, 2.45) is 0 Å². The molecule has 1 unspecified atom stereocenters. The first kappa shape index (κ1) is 25.1. The van der Waals surface area contributed by atoms with E-state index in [0.29, 0.717) is 12.5 Å². The lowest BCUT2D eigenvalue weighted by molar-refractivity contribution is 0.0998. The Morgan fingerprint density at radius 2 is 1.82 bits per heavy atom. The normalized spacial score (nSPS) is 23.2. The van der Waals surface area contributed by atoms with Gasteiger partial charge in [0.2, 0.25) is 0 Å². The van der Waals surface area contributed by atoms with Gasteiger partial charge in [0, 0.05) is 49.4 Å². The van der Waals surface area contributed by atoms with E-state index >= 15 is 0 Å². The lowest BCUT2D eigenvalue weighted by atomic mass is 9.77. The van der Waals surface area contributed by atoms with E-state index in [1.54, 1.807) is 14.2 Å². The summed E-state index contributed by atoms with van der Waals surface area (Å²) in [5.41, 5.74) is 6.90. The SMILES string of the molecule is COc1cc2c(c(OC)c1)C(C)(C)C=C1N(C2)C(=O)N(C)C12CCN(Cc1ccc3c(c1)C=CC3C)CC2. The zero-order valence-electron chi connectivity index (χ0n) is 23.5. The lowest BCUT2D eigenvalue weighted by Gasteiger charge is -2.43. The van der Waals surface area contributed by atoms with Crippen LogP contribution in [0, 0.1) is 0 Å². The summed E-state index contributed by atoms with van der Waals surface area (Å²) in [6.07, 6.45) is 8.71. The van der Waals surface area contributed by atoms with E-state index in [4.69, 9.17) is 9.47 Å². The summed E-state index contributed by atoms with van der Waals surface area (Å²) in [7, 11) is 5.37. The molecule has 3 aliphatic heterocycles. The molecule has 0 aromatic heterocycles. The number of hydrogen-bond acceptors (Lipinski definition) is 4. The van der Waals surface area contributed by atoms with Crippen LogP contribution in [0.2, 0.25) is 0 Å². The van der Waals surface area contributed by atoms with Crippen molar-refractivity contribution in [2.45, 2.75) is 63.6 Å². The Bertz CT molecular complexity index is 1350. The average Bonchev–Trinajstić information content (AvgIpc) is 3.31. The topological polar surface area (TPSA) is 45.3 Å². The molecule has 1 aliphatic carbocycles. The molecule has 2 amide bonds. The van der Waals surface area contributed by atoms with Crippen LogP contribution in [0.4, 0.5) is 4.79 Å². The minimum atomic E-state index is -0.304. The maximum absolute atomic E-state index is 13.7. The molecule has 1 spiro atoms. The molecule has 200 valence electrons. The van der Waals surface area contributed by atoms with Gasteiger partial charge in [0.05, 0.1) is 26.3 Å². The Kier molecular flexibility index (Phi) is 5.87. The fraction of sp³-hybridized carbons (Fsp3) is 0.469. The van der Waals surface area contributed by atoms with Crippen LogP contribution in [0.3, 0.4) is 0 Å². The number of fused-ring (bicyclic) bond motifs is 4. The Morgan fingerprint density at radius 1 is 1.05 bits per heavy atom. The number of rotatable bonds is 4. The number of likely N-dealkylation sites (N-methyl/N-ethyl adjacent to an activating group) is 1. The van der Waals surface area contributed by atoms with Gasteiger partial charge >= 0.3 is 6.03 Å². The van der Waals surface area contributed by atoms with E-state index < -0.39 is 0 Å². The van der Waals surface area contributed by atoms with Crippen molar-refractivity contribution in [2.75, 3.05) is 34.4 Å². The highest BCUT2D eigenvalue weighted by Gasteiger charge is 2.54. The van der Waals surface area contributed by atoms with Crippen LogP contribution in [0.25, 0.3) is 6.08 Å². The number of piperidine rings is 1. The Balaban J connectivity index is 1.28. The summed E-state index contributed by atoms with van der Waals surface area (Å²) < 4.78 is 11.4. The Labute approximate surface area is 226 Å². The highest BCUT2D eigenvalue weighted by atomic mass is 16.5. The van der Waals surface area contributed by atoms with Gasteiger partial charge in [-0.3, -0.25) is 9.80 Å². The van der Waals surface area contributed by atoms with E-state index in [2.05, 4.69) is 68.2 Å². The third kappa shape index (κ3) is 3.76. The molecule has 0 radical (unpaired) electrons. The summed E-state index contributed by atoms with van der Waals surface area (Å²) in [4.78, 5) is 20.3. The summed E-state index contributed by atoms with van der Waals surface area (Å²) in [6.45, 7) is 10.1. The van der Waals surface area contributed by atoms with Crippen molar-refractivity contribution in [1.82, 2.24) is 14.7 Å². The van der Waals surface area contributed by atoms with Crippen molar-refractivity contribution < 1.29 is 14.3 Å². The third-order valence-corrected chi connectivity index (χ3v) is 9.31. The number of amides is 2. The molecule has 38 heavy (non-hydrogen) atoms. The zero-order valence-corrected chi connectivity index (χ0v) is 23.5. The number of nitrogens with zero attached hydrogens (tertiary/aromatic N) is 3. The number of hydrogen-bond donors (Lipinski definition) is 0. The molecule has 2 saturated heterocycles. The Hall–Kier alpha value is -3.25. The minimum absolute atomic E-state index is 0.0784. The maximum Gasteiger partial charge on any atom is 0.325 e.